The van der Waals surface area contributed by atoms with Gasteiger partial charge in [-0.15, -0.1) is 0 Å². The summed E-state index contributed by atoms with van der Waals surface area (Å²) in [5, 5.41) is -0.210. The minimum atomic E-state index is -2.94. The highest BCUT2D eigenvalue weighted by Crippen LogP contribution is 2.36. The van der Waals surface area contributed by atoms with Gasteiger partial charge in [0.05, 0.1) is 11.8 Å². The van der Waals surface area contributed by atoms with Gasteiger partial charge in [0, 0.05) is 47.2 Å². The molecule has 1 unspecified atom stereocenters. The summed E-state index contributed by atoms with van der Waals surface area (Å²) >= 11 is 0. The number of hydrogen-bond donors (Lipinski definition) is 0. The average Bonchev–Trinajstić information content (AvgIpc) is 2.53. The van der Waals surface area contributed by atoms with E-state index in [0.29, 0.717) is 11.6 Å². The highest BCUT2D eigenvalue weighted by atomic mass is 28.4. The predicted octanol–water partition coefficient (Wildman–Crippen LogP) is 1.65. The first-order valence-electron chi connectivity index (χ1n) is 6.87. The Morgan fingerprint density at radius 2 is 1.45 bits per heavy atom. The molecule has 0 radical (unpaired) electrons. The minimum absolute atomic E-state index is 0.172. The zero-order valence-electron chi connectivity index (χ0n) is 14.6. The van der Waals surface area contributed by atoms with Crippen LogP contribution >= 0.6 is 0 Å². The Kier molecular flexibility index (Phi) is 9.31. The van der Waals surface area contributed by atoms with Gasteiger partial charge in [-0.25, -0.2) is 4.79 Å². The fraction of sp³-hybridized carbons (Fsp3) is 0.769. The van der Waals surface area contributed by atoms with E-state index in [1.54, 1.807) is 42.5 Å². The molecule has 0 aliphatic heterocycles. The molecule has 0 aliphatic rings. The molecule has 0 aromatic rings. The fourth-order valence-electron chi connectivity index (χ4n) is 2.32. The normalized spacial score (nSPS) is 13.8. The van der Waals surface area contributed by atoms with Gasteiger partial charge in [0.2, 0.25) is 0 Å². The van der Waals surface area contributed by atoms with Gasteiger partial charge in [-0.2, -0.15) is 0 Å². The van der Waals surface area contributed by atoms with Crippen molar-refractivity contribution in [2.75, 3.05) is 42.2 Å². The van der Waals surface area contributed by atoms with Crippen molar-refractivity contribution in [3.8, 4) is 0 Å². The molecule has 0 rings (SSSR count). The van der Waals surface area contributed by atoms with Crippen molar-refractivity contribution in [3.63, 3.8) is 0 Å². The summed E-state index contributed by atoms with van der Waals surface area (Å²) in [5.41, 5.74) is 0.351. The lowest BCUT2D eigenvalue weighted by Crippen LogP contribution is -2.60. The monoisotopic (exact) mass is 352 g/mol. The van der Waals surface area contributed by atoms with E-state index in [1.165, 1.54) is 0 Å². The van der Waals surface area contributed by atoms with Crippen LogP contribution in [0.1, 0.15) is 13.8 Å². The molecule has 0 spiro atoms. The first-order chi connectivity index (χ1) is 10.3. The maximum absolute atomic E-state index is 11.5. The molecule has 0 saturated heterocycles. The summed E-state index contributed by atoms with van der Waals surface area (Å²) in [6, 6.07) is 0.436. The topological polar surface area (TPSA) is 72.5 Å². The average molecular weight is 353 g/mol. The van der Waals surface area contributed by atoms with E-state index in [4.69, 9.17) is 26.9 Å². The summed E-state index contributed by atoms with van der Waals surface area (Å²) in [6.45, 7) is 7.24. The third-order valence-corrected chi connectivity index (χ3v) is 12.5. The number of hydrogen-bond acceptors (Lipinski definition) is 7. The first kappa shape index (κ1) is 21.4. The maximum Gasteiger partial charge on any atom is 0.505 e. The van der Waals surface area contributed by atoms with Crippen molar-refractivity contribution in [2.45, 2.75) is 25.1 Å². The van der Waals surface area contributed by atoms with Crippen LogP contribution in [0.25, 0.3) is 0 Å². The molecular formula is C13H28O7Si2. The van der Waals surface area contributed by atoms with Gasteiger partial charge in [-0.1, -0.05) is 13.5 Å². The molecule has 1 atom stereocenters. The molecule has 0 heterocycles. The van der Waals surface area contributed by atoms with Gasteiger partial charge < -0.3 is 26.9 Å². The molecule has 7 nitrogen and oxygen atoms in total. The Labute approximate surface area is 135 Å². The van der Waals surface area contributed by atoms with Crippen molar-refractivity contribution >= 4 is 23.3 Å². The van der Waals surface area contributed by atoms with Crippen LogP contribution in [0.4, 0.5) is 0 Å². The van der Waals surface area contributed by atoms with E-state index in [-0.39, 0.29) is 11.8 Å². The van der Waals surface area contributed by atoms with Gasteiger partial charge in [-0.05, 0) is 6.92 Å². The summed E-state index contributed by atoms with van der Waals surface area (Å²) in [6.07, 6.45) is 0. The molecular weight excluding hydrogens is 324 g/mol. The highest BCUT2D eigenvalue weighted by Gasteiger charge is 2.59. The Morgan fingerprint density at radius 3 is 1.77 bits per heavy atom. The van der Waals surface area contributed by atoms with Crippen molar-refractivity contribution in [3.05, 3.63) is 12.2 Å². The summed E-state index contributed by atoms with van der Waals surface area (Å²) < 4.78 is 33.1. The zero-order chi connectivity index (χ0) is 17.4. The summed E-state index contributed by atoms with van der Waals surface area (Å²) in [7, 11) is 2.07. The predicted molar refractivity (Wildman–Crippen MR) is 86.6 cm³/mol. The third-order valence-electron chi connectivity index (χ3n) is 3.77. The molecule has 0 N–H and O–H groups in total. The second-order valence-electron chi connectivity index (χ2n) is 4.82. The van der Waals surface area contributed by atoms with Crippen LogP contribution in [0.15, 0.2) is 12.2 Å². The number of carbonyl (C=O) groups excluding carboxylic acids is 1. The van der Waals surface area contributed by atoms with E-state index in [0.717, 1.165) is 0 Å². The van der Waals surface area contributed by atoms with Crippen molar-refractivity contribution in [1.82, 2.24) is 0 Å². The Bertz CT molecular complexity index is 359. The molecule has 0 bridgehead atoms. The Morgan fingerprint density at radius 1 is 1.00 bits per heavy atom. The Hall–Kier alpha value is -0.556. The van der Waals surface area contributed by atoms with E-state index in [1.807, 2.05) is 6.92 Å². The lowest BCUT2D eigenvalue weighted by molar-refractivity contribution is -0.138. The second-order valence-corrected chi connectivity index (χ2v) is 12.5. The van der Waals surface area contributed by atoms with Gasteiger partial charge in [0.1, 0.15) is 0 Å². The first-order valence-corrected chi connectivity index (χ1v) is 10.8. The minimum Gasteiger partial charge on any atom is -0.462 e. The smallest absolute Gasteiger partial charge is 0.462 e. The lowest BCUT2D eigenvalue weighted by Gasteiger charge is -2.39. The van der Waals surface area contributed by atoms with Crippen LogP contribution < -0.4 is 0 Å². The van der Waals surface area contributed by atoms with Crippen LogP contribution in [-0.4, -0.2) is 65.5 Å². The van der Waals surface area contributed by atoms with Crippen LogP contribution in [0.2, 0.25) is 11.2 Å². The summed E-state index contributed by atoms with van der Waals surface area (Å²) in [4.78, 5) is 11.5. The number of esters is 1. The summed E-state index contributed by atoms with van der Waals surface area (Å²) in [5.74, 6) is -0.434. The maximum atomic E-state index is 11.5. The van der Waals surface area contributed by atoms with Crippen LogP contribution in [0.3, 0.4) is 0 Å². The number of rotatable bonds is 11. The van der Waals surface area contributed by atoms with Gasteiger partial charge in [0.15, 0.2) is 0 Å². The van der Waals surface area contributed by atoms with Crippen LogP contribution in [-0.2, 0) is 31.7 Å². The van der Waals surface area contributed by atoms with Crippen LogP contribution in [0.5, 0.6) is 0 Å². The highest BCUT2D eigenvalue weighted by molar-refractivity contribution is 6.85. The van der Waals surface area contributed by atoms with Gasteiger partial charge in [0.25, 0.3) is 0 Å². The molecule has 0 aliphatic carbocycles. The largest absolute Gasteiger partial charge is 0.505 e. The van der Waals surface area contributed by atoms with Crippen LogP contribution in [0, 0.1) is 0 Å². The molecule has 0 aromatic heterocycles. The molecule has 0 saturated carbocycles. The quantitative estimate of drug-likeness (QED) is 0.318. The molecule has 0 aromatic carbocycles. The molecule has 22 heavy (non-hydrogen) atoms. The second kappa shape index (κ2) is 9.55. The lowest BCUT2D eigenvalue weighted by atomic mass is 10.4. The number of carbonyl (C=O) groups is 1. The van der Waals surface area contributed by atoms with E-state index in [2.05, 4.69) is 6.58 Å². The van der Waals surface area contributed by atoms with Gasteiger partial charge >= 0.3 is 23.3 Å². The van der Waals surface area contributed by atoms with E-state index >= 15 is 0 Å². The molecule has 0 amide bonds. The SMILES string of the molecule is C=C(C)C(=O)OCC[Si](OC)(OC)C(C)[Si](OC)(OC)OC. The van der Waals surface area contributed by atoms with Gasteiger partial charge in [-0.3, -0.25) is 0 Å². The number of ether oxygens (including phenoxy) is 1. The van der Waals surface area contributed by atoms with E-state index in [9.17, 15) is 4.79 Å². The Balaban J connectivity index is 5.15. The molecule has 0 fully saturated rings. The zero-order valence-corrected chi connectivity index (χ0v) is 16.6. The molecule has 130 valence electrons. The van der Waals surface area contributed by atoms with Crippen molar-refractivity contribution in [2.24, 2.45) is 0 Å². The van der Waals surface area contributed by atoms with E-state index < -0.39 is 23.3 Å². The van der Waals surface area contributed by atoms with Crippen molar-refractivity contribution < 1.29 is 31.7 Å². The molecule has 9 heteroatoms. The fourth-order valence-corrected chi connectivity index (χ4v) is 10.3. The standard InChI is InChI=1S/C13H28O7Si2/c1-11(2)13(14)20-9-10-21(15-4,16-5)12(3)22(17-6,18-7)19-8/h12H,1,9-10H2,2-8H3. The third kappa shape index (κ3) is 4.72. The van der Waals surface area contributed by atoms with Crippen molar-refractivity contribution in [1.29, 1.82) is 0 Å².